The summed E-state index contributed by atoms with van der Waals surface area (Å²) in [7, 11) is 0. The first kappa shape index (κ1) is 11.8. The van der Waals surface area contributed by atoms with Crippen molar-refractivity contribution in [1.29, 1.82) is 0 Å². The Morgan fingerprint density at radius 2 is 1.94 bits per heavy atom. The van der Waals surface area contributed by atoms with Crippen LogP contribution in [0.3, 0.4) is 0 Å². The molecule has 1 heterocycles. The summed E-state index contributed by atoms with van der Waals surface area (Å²) in [4.78, 5) is 14.0. The van der Waals surface area contributed by atoms with Gasteiger partial charge in [0, 0.05) is 13.1 Å². The summed E-state index contributed by atoms with van der Waals surface area (Å²) in [5.41, 5.74) is 0.589. The van der Waals surface area contributed by atoms with E-state index in [4.69, 9.17) is 9.47 Å². The van der Waals surface area contributed by atoms with Gasteiger partial charge in [-0.25, -0.2) is 0 Å². The van der Waals surface area contributed by atoms with E-state index in [0.29, 0.717) is 43.4 Å². The number of ether oxygens (including phenoxy) is 2. The van der Waals surface area contributed by atoms with Crippen LogP contribution in [0.25, 0.3) is 0 Å². The maximum absolute atomic E-state index is 12.3. The van der Waals surface area contributed by atoms with Crippen LogP contribution in [0.4, 0.5) is 0 Å². The summed E-state index contributed by atoms with van der Waals surface area (Å²) >= 11 is 0. The fourth-order valence-corrected chi connectivity index (χ4v) is 1.92. The highest BCUT2D eigenvalue weighted by molar-refractivity contribution is 5.97. The molecule has 4 nitrogen and oxygen atoms in total. The van der Waals surface area contributed by atoms with Crippen LogP contribution in [0.5, 0.6) is 11.5 Å². The molecule has 0 atom stereocenters. The van der Waals surface area contributed by atoms with Crippen molar-refractivity contribution < 1.29 is 14.3 Å². The molecule has 0 radical (unpaired) electrons. The van der Waals surface area contributed by atoms with E-state index in [9.17, 15) is 4.79 Å². The molecule has 0 saturated heterocycles. The first-order valence-corrected chi connectivity index (χ1v) is 5.95. The number of hydrogen-bond acceptors (Lipinski definition) is 3. The molecule has 0 N–H and O–H groups in total. The molecule has 0 spiro atoms. The van der Waals surface area contributed by atoms with E-state index in [2.05, 4.69) is 0 Å². The molecule has 1 aliphatic heterocycles. The number of amides is 1. The number of carbonyl (C=O) groups excluding carboxylic acids is 1. The zero-order chi connectivity index (χ0) is 12.3. The molecular formula is C13H17NO3. The lowest BCUT2D eigenvalue weighted by Gasteiger charge is -2.24. The van der Waals surface area contributed by atoms with E-state index in [1.165, 1.54) is 0 Å². The number of fused-ring (bicyclic) bond motifs is 1. The largest absolute Gasteiger partial charge is 0.486 e. The van der Waals surface area contributed by atoms with Crippen LogP contribution in [0.2, 0.25) is 0 Å². The van der Waals surface area contributed by atoms with E-state index >= 15 is 0 Å². The first-order chi connectivity index (χ1) is 8.27. The average molecular weight is 235 g/mol. The van der Waals surface area contributed by atoms with Gasteiger partial charge in [-0.15, -0.1) is 0 Å². The van der Waals surface area contributed by atoms with Crippen LogP contribution >= 0.6 is 0 Å². The number of nitrogens with zero attached hydrogens (tertiary/aromatic N) is 1. The van der Waals surface area contributed by atoms with E-state index in [1.54, 1.807) is 11.0 Å². The minimum atomic E-state index is -0.00245. The summed E-state index contributed by atoms with van der Waals surface area (Å²) in [6.07, 6.45) is 0. The van der Waals surface area contributed by atoms with Crippen molar-refractivity contribution in [3.63, 3.8) is 0 Å². The third kappa shape index (κ3) is 2.20. The maximum atomic E-state index is 12.3. The molecule has 4 heteroatoms. The third-order valence-corrected chi connectivity index (χ3v) is 2.85. The number of benzene rings is 1. The number of para-hydroxylation sites is 1. The second kappa shape index (κ2) is 5.08. The van der Waals surface area contributed by atoms with Crippen molar-refractivity contribution in [2.75, 3.05) is 26.3 Å². The second-order valence-corrected chi connectivity index (χ2v) is 3.81. The molecule has 2 rings (SSSR count). The monoisotopic (exact) mass is 235 g/mol. The van der Waals surface area contributed by atoms with Gasteiger partial charge in [-0.2, -0.15) is 0 Å². The summed E-state index contributed by atoms with van der Waals surface area (Å²) in [5, 5.41) is 0. The van der Waals surface area contributed by atoms with Gasteiger partial charge in [-0.3, -0.25) is 4.79 Å². The highest BCUT2D eigenvalue weighted by Gasteiger charge is 2.22. The van der Waals surface area contributed by atoms with Gasteiger partial charge in [-0.05, 0) is 26.0 Å². The number of hydrogen-bond donors (Lipinski definition) is 0. The van der Waals surface area contributed by atoms with Crippen LogP contribution < -0.4 is 9.47 Å². The number of carbonyl (C=O) groups is 1. The molecule has 0 aliphatic carbocycles. The van der Waals surface area contributed by atoms with E-state index < -0.39 is 0 Å². The van der Waals surface area contributed by atoms with Crippen LogP contribution in [0.1, 0.15) is 24.2 Å². The zero-order valence-corrected chi connectivity index (χ0v) is 10.2. The lowest BCUT2D eigenvalue weighted by molar-refractivity contribution is 0.0762. The Balaban J connectivity index is 2.35. The van der Waals surface area contributed by atoms with E-state index in [-0.39, 0.29) is 5.91 Å². The van der Waals surface area contributed by atoms with Crippen molar-refractivity contribution in [3.05, 3.63) is 23.8 Å². The fraction of sp³-hybridized carbons (Fsp3) is 0.462. The predicted octanol–water partition coefficient (Wildman–Crippen LogP) is 1.94. The first-order valence-electron chi connectivity index (χ1n) is 5.95. The SMILES string of the molecule is CCN(CC)C(=O)c1cccc2c1OCCO2. The quantitative estimate of drug-likeness (QED) is 0.803. The molecule has 1 aromatic carbocycles. The Labute approximate surface area is 101 Å². The van der Waals surface area contributed by atoms with Gasteiger partial charge in [0.1, 0.15) is 13.2 Å². The predicted molar refractivity (Wildman–Crippen MR) is 64.7 cm³/mol. The fourth-order valence-electron chi connectivity index (χ4n) is 1.92. The Morgan fingerprint density at radius 1 is 1.24 bits per heavy atom. The van der Waals surface area contributed by atoms with Crippen LogP contribution in [0, 0.1) is 0 Å². The average Bonchev–Trinajstić information content (AvgIpc) is 2.39. The Bertz CT molecular complexity index is 413. The topological polar surface area (TPSA) is 38.8 Å². The summed E-state index contributed by atoms with van der Waals surface area (Å²) in [6.45, 7) is 6.35. The summed E-state index contributed by atoms with van der Waals surface area (Å²) in [6, 6.07) is 5.44. The smallest absolute Gasteiger partial charge is 0.257 e. The summed E-state index contributed by atoms with van der Waals surface area (Å²) < 4.78 is 11.0. The molecule has 0 saturated carbocycles. The second-order valence-electron chi connectivity index (χ2n) is 3.81. The van der Waals surface area contributed by atoms with Gasteiger partial charge >= 0.3 is 0 Å². The third-order valence-electron chi connectivity index (χ3n) is 2.85. The lowest BCUT2D eigenvalue weighted by atomic mass is 10.1. The minimum Gasteiger partial charge on any atom is -0.486 e. The molecule has 0 aromatic heterocycles. The molecule has 92 valence electrons. The molecule has 17 heavy (non-hydrogen) atoms. The number of rotatable bonds is 3. The van der Waals surface area contributed by atoms with Crippen LogP contribution in [-0.4, -0.2) is 37.1 Å². The van der Waals surface area contributed by atoms with Crippen molar-refractivity contribution in [1.82, 2.24) is 4.90 Å². The van der Waals surface area contributed by atoms with Crippen molar-refractivity contribution >= 4 is 5.91 Å². The van der Waals surface area contributed by atoms with Gasteiger partial charge in [-0.1, -0.05) is 6.07 Å². The van der Waals surface area contributed by atoms with Gasteiger partial charge in [0.05, 0.1) is 5.56 Å². The Kier molecular flexibility index (Phi) is 3.52. The molecule has 0 unspecified atom stereocenters. The van der Waals surface area contributed by atoms with Crippen LogP contribution in [-0.2, 0) is 0 Å². The van der Waals surface area contributed by atoms with Gasteiger partial charge in [0.25, 0.3) is 5.91 Å². The van der Waals surface area contributed by atoms with E-state index in [0.717, 1.165) is 0 Å². The van der Waals surface area contributed by atoms with Crippen LogP contribution in [0.15, 0.2) is 18.2 Å². The molecule has 1 amide bonds. The molecular weight excluding hydrogens is 218 g/mol. The van der Waals surface area contributed by atoms with Gasteiger partial charge < -0.3 is 14.4 Å². The maximum Gasteiger partial charge on any atom is 0.257 e. The van der Waals surface area contributed by atoms with Crippen molar-refractivity contribution in [2.24, 2.45) is 0 Å². The highest BCUT2D eigenvalue weighted by atomic mass is 16.6. The normalized spacial score (nSPS) is 13.3. The molecule has 0 bridgehead atoms. The minimum absolute atomic E-state index is 0.00245. The zero-order valence-electron chi connectivity index (χ0n) is 10.2. The van der Waals surface area contributed by atoms with E-state index in [1.807, 2.05) is 26.0 Å². The Hall–Kier alpha value is -1.71. The van der Waals surface area contributed by atoms with Crippen molar-refractivity contribution in [2.45, 2.75) is 13.8 Å². The molecule has 1 aliphatic rings. The Morgan fingerprint density at radius 3 is 2.65 bits per heavy atom. The lowest BCUT2D eigenvalue weighted by Crippen LogP contribution is -2.31. The summed E-state index contributed by atoms with van der Waals surface area (Å²) in [5.74, 6) is 1.24. The van der Waals surface area contributed by atoms with Gasteiger partial charge in [0.15, 0.2) is 11.5 Å². The standard InChI is InChI=1S/C13H17NO3/c1-3-14(4-2)13(15)10-6-5-7-11-12(10)17-9-8-16-11/h5-7H,3-4,8-9H2,1-2H3. The molecule has 1 aromatic rings. The molecule has 0 fully saturated rings. The highest BCUT2D eigenvalue weighted by Crippen LogP contribution is 2.34. The van der Waals surface area contributed by atoms with Gasteiger partial charge in [0.2, 0.25) is 0 Å². The van der Waals surface area contributed by atoms with Crippen molar-refractivity contribution in [3.8, 4) is 11.5 Å².